The third kappa shape index (κ3) is 5.51. The van der Waals surface area contributed by atoms with Gasteiger partial charge in [0.05, 0.1) is 13.3 Å². The molecule has 6 heteroatoms. The van der Waals surface area contributed by atoms with E-state index in [2.05, 4.69) is 24.4 Å². The van der Waals surface area contributed by atoms with E-state index in [0.29, 0.717) is 23.0 Å². The summed E-state index contributed by atoms with van der Waals surface area (Å²) in [4.78, 5) is 11.8. The van der Waals surface area contributed by atoms with E-state index in [1.165, 1.54) is 25.0 Å². The van der Waals surface area contributed by atoms with E-state index in [0.717, 1.165) is 6.42 Å². The van der Waals surface area contributed by atoms with Gasteiger partial charge in [-0.2, -0.15) is 5.10 Å². The van der Waals surface area contributed by atoms with Gasteiger partial charge >= 0.3 is 0 Å². The van der Waals surface area contributed by atoms with Gasteiger partial charge in [-0.15, -0.1) is 0 Å². The van der Waals surface area contributed by atoms with E-state index in [1.54, 1.807) is 12.1 Å². The fourth-order valence-electron chi connectivity index (χ4n) is 2.28. The molecular weight excluding hydrogens is 332 g/mol. The van der Waals surface area contributed by atoms with Gasteiger partial charge in [-0.3, -0.25) is 4.79 Å². The number of carbonyl (C=O) groups excluding carboxylic acids is 1. The summed E-state index contributed by atoms with van der Waals surface area (Å²) in [5.74, 6) is 1.14. The van der Waals surface area contributed by atoms with Crippen molar-refractivity contribution in [3.8, 4) is 17.2 Å². The molecule has 0 bridgehead atoms. The number of hydrazone groups is 1. The molecule has 0 aromatic heterocycles. The van der Waals surface area contributed by atoms with Crippen molar-refractivity contribution in [3.05, 3.63) is 53.6 Å². The van der Waals surface area contributed by atoms with Crippen molar-refractivity contribution < 1.29 is 19.4 Å². The van der Waals surface area contributed by atoms with E-state index in [-0.39, 0.29) is 18.3 Å². The number of nitrogens with one attached hydrogen (secondary N) is 1. The number of aromatic hydroxyl groups is 1. The predicted molar refractivity (Wildman–Crippen MR) is 101 cm³/mol. The molecule has 26 heavy (non-hydrogen) atoms. The first-order valence-corrected chi connectivity index (χ1v) is 8.45. The molecule has 6 nitrogen and oxygen atoms in total. The Hall–Kier alpha value is -3.02. The van der Waals surface area contributed by atoms with Crippen LogP contribution < -0.4 is 14.9 Å². The fraction of sp³-hybridized carbons (Fsp3) is 0.300. The summed E-state index contributed by atoms with van der Waals surface area (Å²) in [7, 11) is 1.47. The number of benzene rings is 2. The lowest BCUT2D eigenvalue weighted by Gasteiger charge is -2.10. The summed E-state index contributed by atoms with van der Waals surface area (Å²) in [6.07, 6.45) is 2.50. The minimum Gasteiger partial charge on any atom is -0.504 e. The maximum absolute atomic E-state index is 11.8. The van der Waals surface area contributed by atoms with Gasteiger partial charge in [0.25, 0.3) is 5.91 Å². The van der Waals surface area contributed by atoms with Gasteiger partial charge in [-0.25, -0.2) is 5.43 Å². The van der Waals surface area contributed by atoms with E-state index in [4.69, 9.17) is 9.47 Å². The Morgan fingerprint density at radius 1 is 1.27 bits per heavy atom. The molecule has 0 saturated carbocycles. The normalized spacial score (nSPS) is 12.0. The van der Waals surface area contributed by atoms with Crippen molar-refractivity contribution in [2.24, 2.45) is 5.10 Å². The van der Waals surface area contributed by atoms with Crippen molar-refractivity contribution in [1.29, 1.82) is 0 Å². The molecule has 0 saturated heterocycles. The van der Waals surface area contributed by atoms with Gasteiger partial charge in [0.2, 0.25) is 0 Å². The van der Waals surface area contributed by atoms with Crippen LogP contribution in [0.5, 0.6) is 17.2 Å². The second-order valence-corrected chi connectivity index (χ2v) is 5.89. The number of rotatable bonds is 8. The molecule has 138 valence electrons. The lowest BCUT2D eigenvalue weighted by Crippen LogP contribution is -2.24. The van der Waals surface area contributed by atoms with Crippen LogP contribution in [0.15, 0.2) is 47.6 Å². The third-order valence-electron chi connectivity index (χ3n) is 4.04. The number of hydrogen-bond acceptors (Lipinski definition) is 5. The second-order valence-electron chi connectivity index (χ2n) is 5.89. The molecule has 1 amide bonds. The van der Waals surface area contributed by atoms with Gasteiger partial charge in [0.15, 0.2) is 18.1 Å². The van der Waals surface area contributed by atoms with Crippen molar-refractivity contribution in [3.63, 3.8) is 0 Å². The Balaban J connectivity index is 1.80. The Bertz CT molecular complexity index is 757. The first-order valence-electron chi connectivity index (χ1n) is 8.45. The lowest BCUT2D eigenvalue weighted by atomic mass is 9.99. The highest BCUT2D eigenvalue weighted by Crippen LogP contribution is 2.25. The van der Waals surface area contributed by atoms with Crippen molar-refractivity contribution >= 4 is 12.1 Å². The highest BCUT2D eigenvalue weighted by molar-refractivity contribution is 5.83. The molecule has 0 spiro atoms. The molecule has 2 N–H and O–H groups in total. The Labute approximate surface area is 153 Å². The summed E-state index contributed by atoms with van der Waals surface area (Å²) in [5, 5.41) is 13.5. The summed E-state index contributed by atoms with van der Waals surface area (Å²) < 4.78 is 10.4. The number of methoxy groups -OCH3 is 1. The quantitative estimate of drug-likeness (QED) is 0.561. The Morgan fingerprint density at radius 3 is 2.62 bits per heavy atom. The zero-order valence-corrected chi connectivity index (χ0v) is 15.2. The summed E-state index contributed by atoms with van der Waals surface area (Å²) in [6, 6.07) is 12.6. The summed E-state index contributed by atoms with van der Waals surface area (Å²) in [6.45, 7) is 4.19. The average Bonchev–Trinajstić information content (AvgIpc) is 2.66. The van der Waals surface area contributed by atoms with Crippen molar-refractivity contribution in [1.82, 2.24) is 5.43 Å². The van der Waals surface area contributed by atoms with E-state index < -0.39 is 0 Å². The Kier molecular flexibility index (Phi) is 7.02. The Morgan fingerprint density at radius 2 is 2.00 bits per heavy atom. The second kappa shape index (κ2) is 9.46. The molecular formula is C20H24N2O4. The number of carbonyl (C=O) groups is 1. The van der Waals surface area contributed by atoms with Crippen LogP contribution in [0.2, 0.25) is 0 Å². The molecule has 0 fully saturated rings. The zero-order chi connectivity index (χ0) is 18.9. The molecule has 0 radical (unpaired) electrons. The number of phenols is 1. The SMILES string of the molecule is CCC(C)c1ccc(OCC(=O)N/N=C/c2ccc(OC)c(O)c2)cc1. The maximum atomic E-state index is 11.8. The minimum absolute atomic E-state index is 0.00643. The monoisotopic (exact) mass is 356 g/mol. The molecule has 2 aromatic rings. The van der Waals surface area contributed by atoms with Crippen LogP contribution in [0.25, 0.3) is 0 Å². The van der Waals surface area contributed by atoms with Gasteiger partial charge in [-0.1, -0.05) is 26.0 Å². The molecule has 1 unspecified atom stereocenters. The summed E-state index contributed by atoms with van der Waals surface area (Å²) >= 11 is 0. The maximum Gasteiger partial charge on any atom is 0.277 e. The van der Waals surface area contributed by atoms with Gasteiger partial charge < -0.3 is 14.6 Å². The number of ether oxygens (including phenoxy) is 2. The van der Waals surface area contributed by atoms with Crippen LogP contribution in [-0.4, -0.2) is 30.9 Å². The molecule has 0 aliphatic rings. The molecule has 1 atom stereocenters. The molecule has 0 heterocycles. The molecule has 2 rings (SSSR count). The predicted octanol–water partition coefficient (Wildman–Crippen LogP) is 3.44. The highest BCUT2D eigenvalue weighted by atomic mass is 16.5. The topological polar surface area (TPSA) is 80.2 Å². The van der Waals surface area contributed by atoms with Crippen LogP contribution in [0.3, 0.4) is 0 Å². The van der Waals surface area contributed by atoms with E-state index >= 15 is 0 Å². The number of phenolic OH excluding ortho intramolecular Hbond substituents is 1. The first kappa shape index (κ1) is 19.3. The molecule has 2 aromatic carbocycles. The van der Waals surface area contributed by atoms with Crippen LogP contribution in [0.1, 0.15) is 37.3 Å². The van der Waals surface area contributed by atoms with E-state index in [1.807, 2.05) is 24.3 Å². The van der Waals surface area contributed by atoms with Crippen molar-refractivity contribution in [2.75, 3.05) is 13.7 Å². The van der Waals surface area contributed by atoms with Crippen LogP contribution in [0, 0.1) is 0 Å². The number of nitrogens with zero attached hydrogens (tertiary/aromatic N) is 1. The van der Waals surface area contributed by atoms with Crippen LogP contribution in [-0.2, 0) is 4.79 Å². The number of hydrogen-bond donors (Lipinski definition) is 2. The largest absolute Gasteiger partial charge is 0.504 e. The third-order valence-corrected chi connectivity index (χ3v) is 4.04. The fourth-order valence-corrected chi connectivity index (χ4v) is 2.28. The van der Waals surface area contributed by atoms with Gasteiger partial charge in [-0.05, 0) is 53.8 Å². The van der Waals surface area contributed by atoms with E-state index in [9.17, 15) is 9.90 Å². The minimum atomic E-state index is -0.370. The average molecular weight is 356 g/mol. The van der Waals surface area contributed by atoms with Crippen LogP contribution in [0.4, 0.5) is 0 Å². The summed E-state index contributed by atoms with van der Waals surface area (Å²) in [5.41, 5.74) is 4.26. The highest BCUT2D eigenvalue weighted by Gasteiger charge is 2.05. The van der Waals surface area contributed by atoms with Crippen LogP contribution >= 0.6 is 0 Å². The zero-order valence-electron chi connectivity index (χ0n) is 15.2. The standard InChI is InChI=1S/C20H24N2O4/c1-4-14(2)16-6-8-17(9-7-16)26-13-20(24)22-21-12-15-5-10-19(25-3)18(23)11-15/h5-12,14,23H,4,13H2,1-3H3,(H,22,24)/b21-12+. The van der Waals surface area contributed by atoms with Crippen molar-refractivity contribution in [2.45, 2.75) is 26.2 Å². The number of amides is 1. The molecule has 0 aliphatic carbocycles. The first-order chi connectivity index (χ1) is 12.5. The van der Waals surface area contributed by atoms with Gasteiger partial charge in [0.1, 0.15) is 5.75 Å². The lowest BCUT2D eigenvalue weighted by molar-refractivity contribution is -0.123. The molecule has 0 aliphatic heterocycles. The smallest absolute Gasteiger partial charge is 0.277 e. The van der Waals surface area contributed by atoms with Gasteiger partial charge in [0, 0.05) is 0 Å².